The molecule has 5 rings (SSSR count). The first-order chi connectivity index (χ1) is 12.3. The third kappa shape index (κ3) is 2.44. The topological polar surface area (TPSA) is 82.1 Å². The second kappa shape index (κ2) is 5.56. The van der Waals surface area contributed by atoms with Gasteiger partial charge < -0.3 is 15.4 Å². The van der Waals surface area contributed by atoms with Crippen LogP contribution >= 0.6 is 0 Å². The molecule has 0 radical (unpaired) electrons. The summed E-state index contributed by atoms with van der Waals surface area (Å²) >= 11 is 0. The Kier molecular flexibility index (Phi) is 3.21. The summed E-state index contributed by atoms with van der Waals surface area (Å²) in [6.45, 7) is 2.31. The molecule has 5 heterocycles. The molecular weight excluding hydrogens is 316 g/mol. The highest BCUT2D eigenvalue weighted by atomic mass is 16.5. The van der Waals surface area contributed by atoms with E-state index in [-0.39, 0.29) is 6.04 Å². The Balaban J connectivity index is 1.46. The van der Waals surface area contributed by atoms with Gasteiger partial charge in [-0.15, -0.1) is 0 Å². The molecule has 3 aromatic heterocycles. The summed E-state index contributed by atoms with van der Waals surface area (Å²) < 4.78 is 7.55. The largest absolute Gasteiger partial charge is 0.472 e. The van der Waals surface area contributed by atoms with Gasteiger partial charge in [-0.05, 0) is 30.7 Å². The Morgan fingerprint density at radius 2 is 2.16 bits per heavy atom. The zero-order chi connectivity index (χ0) is 16.8. The average molecular weight is 334 g/mol. The monoisotopic (exact) mass is 334 g/mol. The second-order valence-corrected chi connectivity index (χ2v) is 6.46. The molecule has 2 aliphatic rings. The molecule has 0 amide bonds. The summed E-state index contributed by atoms with van der Waals surface area (Å²) in [5, 5.41) is 4.72. The molecule has 3 aromatic rings. The van der Waals surface area contributed by atoms with Gasteiger partial charge in [0.2, 0.25) is 5.88 Å². The SMILES string of the molecule is NC1CCN(c2ccc(-n3cc4c(n3)-c3cccnc3OC4)cn2)C1. The number of aromatic nitrogens is 4. The van der Waals surface area contributed by atoms with Crippen molar-refractivity contribution in [2.24, 2.45) is 5.73 Å². The third-order valence-electron chi connectivity index (χ3n) is 4.73. The van der Waals surface area contributed by atoms with E-state index in [2.05, 4.69) is 14.9 Å². The molecule has 0 saturated carbocycles. The molecule has 1 saturated heterocycles. The van der Waals surface area contributed by atoms with Gasteiger partial charge in [-0.1, -0.05) is 0 Å². The fourth-order valence-corrected chi connectivity index (χ4v) is 3.40. The van der Waals surface area contributed by atoms with Crippen LogP contribution in [0.3, 0.4) is 0 Å². The lowest BCUT2D eigenvalue weighted by Gasteiger charge is -2.16. The first-order valence-electron chi connectivity index (χ1n) is 8.41. The van der Waals surface area contributed by atoms with E-state index in [4.69, 9.17) is 15.6 Å². The molecule has 0 aliphatic carbocycles. The van der Waals surface area contributed by atoms with Gasteiger partial charge in [-0.3, -0.25) is 0 Å². The Bertz CT molecular complexity index is 920. The Morgan fingerprint density at radius 1 is 1.20 bits per heavy atom. The molecule has 2 N–H and O–H groups in total. The van der Waals surface area contributed by atoms with E-state index in [1.165, 1.54) is 0 Å². The second-order valence-electron chi connectivity index (χ2n) is 6.46. The van der Waals surface area contributed by atoms with Crippen LogP contribution in [-0.4, -0.2) is 38.9 Å². The van der Waals surface area contributed by atoms with Crippen molar-refractivity contribution < 1.29 is 4.74 Å². The van der Waals surface area contributed by atoms with E-state index in [9.17, 15) is 0 Å². The van der Waals surface area contributed by atoms with Crippen molar-refractivity contribution >= 4 is 5.82 Å². The molecule has 0 spiro atoms. The predicted molar refractivity (Wildman–Crippen MR) is 93.7 cm³/mol. The van der Waals surface area contributed by atoms with Crippen LogP contribution in [0, 0.1) is 0 Å². The smallest absolute Gasteiger partial charge is 0.223 e. The Labute approximate surface area is 145 Å². The zero-order valence-electron chi connectivity index (χ0n) is 13.7. The normalized spacial score (nSPS) is 18.6. The number of nitrogens with zero attached hydrogens (tertiary/aromatic N) is 5. The Morgan fingerprint density at radius 3 is 2.96 bits per heavy atom. The maximum atomic E-state index is 5.98. The molecule has 1 atom stereocenters. The van der Waals surface area contributed by atoms with Crippen LogP contribution in [0.5, 0.6) is 5.88 Å². The van der Waals surface area contributed by atoms with E-state index in [1.54, 1.807) is 6.20 Å². The van der Waals surface area contributed by atoms with E-state index >= 15 is 0 Å². The standard InChI is InChI=1S/C18H18N6O/c19-13-5-7-23(10-13)16-4-3-14(8-21-16)24-9-12-11-25-18-15(17(12)22-24)2-1-6-20-18/h1-4,6,8-9,13H,5,7,10-11,19H2. The first-order valence-corrected chi connectivity index (χ1v) is 8.41. The minimum absolute atomic E-state index is 0.244. The van der Waals surface area contributed by atoms with Crippen LogP contribution in [-0.2, 0) is 6.61 Å². The van der Waals surface area contributed by atoms with Crippen molar-refractivity contribution in [3.05, 3.63) is 48.4 Å². The number of rotatable bonds is 2. The van der Waals surface area contributed by atoms with E-state index in [1.807, 2.05) is 41.3 Å². The lowest BCUT2D eigenvalue weighted by Crippen LogP contribution is -2.26. The maximum absolute atomic E-state index is 5.98. The van der Waals surface area contributed by atoms with Crippen molar-refractivity contribution in [1.29, 1.82) is 0 Å². The van der Waals surface area contributed by atoms with E-state index in [0.717, 1.165) is 47.8 Å². The van der Waals surface area contributed by atoms with Gasteiger partial charge in [0.25, 0.3) is 0 Å². The molecule has 7 nitrogen and oxygen atoms in total. The number of hydrogen-bond acceptors (Lipinski definition) is 6. The number of ether oxygens (including phenoxy) is 1. The molecule has 126 valence electrons. The number of fused-ring (bicyclic) bond motifs is 3. The predicted octanol–water partition coefficient (Wildman–Crippen LogP) is 1.76. The quantitative estimate of drug-likeness (QED) is 0.769. The molecule has 0 bridgehead atoms. The van der Waals surface area contributed by atoms with Gasteiger partial charge in [0, 0.05) is 37.1 Å². The van der Waals surface area contributed by atoms with Crippen LogP contribution in [0.4, 0.5) is 5.82 Å². The first kappa shape index (κ1) is 14.4. The highest BCUT2D eigenvalue weighted by molar-refractivity contribution is 5.69. The highest BCUT2D eigenvalue weighted by Gasteiger charge is 2.23. The minimum atomic E-state index is 0.244. The minimum Gasteiger partial charge on any atom is -0.472 e. The lowest BCUT2D eigenvalue weighted by molar-refractivity contribution is 0.290. The van der Waals surface area contributed by atoms with Gasteiger partial charge in [0.05, 0.1) is 17.4 Å². The summed E-state index contributed by atoms with van der Waals surface area (Å²) in [5.41, 5.74) is 9.80. The average Bonchev–Trinajstić information content (AvgIpc) is 3.28. The van der Waals surface area contributed by atoms with Crippen LogP contribution in [0.2, 0.25) is 0 Å². The van der Waals surface area contributed by atoms with Crippen molar-refractivity contribution in [3.8, 4) is 22.8 Å². The molecule has 1 fully saturated rings. The molecule has 1 unspecified atom stereocenters. The van der Waals surface area contributed by atoms with Crippen molar-refractivity contribution in [2.75, 3.05) is 18.0 Å². The molecule has 0 aromatic carbocycles. The van der Waals surface area contributed by atoms with Crippen LogP contribution < -0.4 is 15.4 Å². The van der Waals surface area contributed by atoms with Gasteiger partial charge in [0.15, 0.2) is 0 Å². The summed E-state index contributed by atoms with van der Waals surface area (Å²) in [4.78, 5) is 11.1. The van der Waals surface area contributed by atoms with Crippen LogP contribution in [0.25, 0.3) is 16.9 Å². The van der Waals surface area contributed by atoms with Crippen molar-refractivity contribution in [2.45, 2.75) is 19.1 Å². The molecule has 25 heavy (non-hydrogen) atoms. The number of nitrogens with two attached hydrogens (primary N) is 1. The maximum Gasteiger partial charge on any atom is 0.223 e. The molecular formula is C18H18N6O. The molecule has 7 heteroatoms. The number of pyridine rings is 2. The fraction of sp³-hybridized carbons (Fsp3) is 0.278. The number of hydrogen-bond donors (Lipinski definition) is 1. The van der Waals surface area contributed by atoms with Crippen LogP contribution in [0.1, 0.15) is 12.0 Å². The molecule has 2 aliphatic heterocycles. The number of anilines is 1. The summed E-state index contributed by atoms with van der Waals surface area (Å²) in [7, 11) is 0. The third-order valence-corrected chi connectivity index (χ3v) is 4.73. The van der Waals surface area contributed by atoms with Gasteiger partial charge in [-0.2, -0.15) is 5.10 Å². The van der Waals surface area contributed by atoms with Crippen molar-refractivity contribution in [3.63, 3.8) is 0 Å². The van der Waals surface area contributed by atoms with Gasteiger partial charge >= 0.3 is 0 Å². The highest BCUT2D eigenvalue weighted by Crippen LogP contribution is 2.34. The van der Waals surface area contributed by atoms with Gasteiger partial charge in [-0.25, -0.2) is 14.6 Å². The summed E-state index contributed by atoms with van der Waals surface area (Å²) in [5.74, 6) is 1.60. The van der Waals surface area contributed by atoms with Crippen LogP contribution in [0.15, 0.2) is 42.9 Å². The lowest BCUT2D eigenvalue weighted by atomic mass is 10.1. The van der Waals surface area contributed by atoms with E-state index in [0.29, 0.717) is 12.5 Å². The zero-order valence-corrected chi connectivity index (χ0v) is 13.7. The summed E-state index contributed by atoms with van der Waals surface area (Å²) in [6, 6.07) is 8.19. The fourth-order valence-electron chi connectivity index (χ4n) is 3.40. The van der Waals surface area contributed by atoms with E-state index < -0.39 is 0 Å². The summed E-state index contributed by atoms with van der Waals surface area (Å²) in [6.07, 6.45) is 6.59. The van der Waals surface area contributed by atoms with Gasteiger partial charge in [0.1, 0.15) is 18.1 Å². The Hall–Kier alpha value is -2.93. The van der Waals surface area contributed by atoms with Crippen molar-refractivity contribution in [1.82, 2.24) is 19.7 Å².